The van der Waals surface area contributed by atoms with Crippen molar-refractivity contribution in [2.24, 2.45) is 0 Å². The zero-order chi connectivity index (χ0) is 14.3. The number of Topliss-reactive ketones (excluding diaryl/α,β-unsaturated/α-hetero) is 2. The van der Waals surface area contributed by atoms with Crippen LogP contribution in [0.15, 0.2) is 18.2 Å². The summed E-state index contributed by atoms with van der Waals surface area (Å²) >= 11 is 0. The number of carbonyl (C=O) groups excluding carboxylic acids is 2. The van der Waals surface area contributed by atoms with Crippen LogP contribution in [0.2, 0.25) is 0 Å². The van der Waals surface area contributed by atoms with E-state index in [1.54, 1.807) is 0 Å². The maximum atomic E-state index is 11.8. The SMILES string of the molecule is CCCCCCCC(=O)C(=O)c1ccc(O)cc1O. The average molecular weight is 264 g/mol. The highest BCUT2D eigenvalue weighted by Gasteiger charge is 2.19. The quantitative estimate of drug-likeness (QED) is 0.429. The summed E-state index contributed by atoms with van der Waals surface area (Å²) in [5, 5.41) is 18.6. The van der Waals surface area contributed by atoms with Gasteiger partial charge in [0.05, 0.1) is 5.56 Å². The molecule has 4 heteroatoms. The molecule has 0 saturated heterocycles. The van der Waals surface area contributed by atoms with E-state index in [0.717, 1.165) is 31.7 Å². The van der Waals surface area contributed by atoms with Gasteiger partial charge in [0, 0.05) is 12.5 Å². The number of aromatic hydroxyl groups is 2. The van der Waals surface area contributed by atoms with Crippen LogP contribution >= 0.6 is 0 Å². The summed E-state index contributed by atoms with van der Waals surface area (Å²) in [5.41, 5.74) is -0.0450. The van der Waals surface area contributed by atoms with Gasteiger partial charge in [-0.1, -0.05) is 32.6 Å². The molecule has 0 saturated carbocycles. The molecule has 0 atom stereocenters. The van der Waals surface area contributed by atoms with Gasteiger partial charge in [0.2, 0.25) is 11.6 Å². The van der Waals surface area contributed by atoms with Crippen molar-refractivity contribution in [2.45, 2.75) is 45.4 Å². The van der Waals surface area contributed by atoms with Gasteiger partial charge < -0.3 is 10.2 Å². The predicted octanol–water partition coefficient (Wildman–Crippen LogP) is 3.21. The second-order valence-corrected chi connectivity index (χ2v) is 4.62. The molecule has 19 heavy (non-hydrogen) atoms. The van der Waals surface area contributed by atoms with Crippen LogP contribution in [0, 0.1) is 0 Å². The van der Waals surface area contributed by atoms with Crippen molar-refractivity contribution in [2.75, 3.05) is 0 Å². The number of hydrogen-bond donors (Lipinski definition) is 2. The Hall–Kier alpha value is -1.84. The Kier molecular flexibility index (Phi) is 6.06. The van der Waals surface area contributed by atoms with E-state index < -0.39 is 11.6 Å². The Balaban J connectivity index is 2.50. The van der Waals surface area contributed by atoms with Crippen LogP contribution in [0.5, 0.6) is 11.5 Å². The van der Waals surface area contributed by atoms with Crippen molar-refractivity contribution < 1.29 is 19.8 Å². The Morgan fingerprint density at radius 3 is 2.37 bits per heavy atom. The van der Waals surface area contributed by atoms with Crippen molar-refractivity contribution >= 4 is 11.6 Å². The van der Waals surface area contributed by atoms with E-state index in [2.05, 4.69) is 6.92 Å². The Morgan fingerprint density at radius 1 is 1.05 bits per heavy atom. The third-order valence-corrected chi connectivity index (χ3v) is 2.99. The topological polar surface area (TPSA) is 74.6 Å². The zero-order valence-corrected chi connectivity index (χ0v) is 11.2. The molecule has 0 amide bonds. The van der Waals surface area contributed by atoms with Crippen molar-refractivity contribution in [3.8, 4) is 11.5 Å². The van der Waals surface area contributed by atoms with Gasteiger partial charge >= 0.3 is 0 Å². The molecule has 1 rings (SSSR count). The highest BCUT2D eigenvalue weighted by Crippen LogP contribution is 2.23. The normalized spacial score (nSPS) is 10.4. The van der Waals surface area contributed by atoms with Gasteiger partial charge in [-0.15, -0.1) is 0 Å². The van der Waals surface area contributed by atoms with Gasteiger partial charge in [-0.05, 0) is 18.6 Å². The molecule has 0 aliphatic carbocycles. The van der Waals surface area contributed by atoms with Gasteiger partial charge in [0.15, 0.2) is 0 Å². The number of hydrogen-bond acceptors (Lipinski definition) is 4. The first-order chi connectivity index (χ1) is 9.06. The zero-order valence-electron chi connectivity index (χ0n) is 11.2. The molecule has 0 fully saturated rings. The van der Waals surface area contributed by atoms with Crippen molar-refractivity contribution in [1.82, 2.24) is 0 Å². The van der Waals surface area contributed by atoms with Crippen molar-refractivity contribution in [3.05, 3.63) is 23.8 Å². The molecule has 4 nitrogen and oxygen atoms in total. The van der Waals surface area contributed by atoms with E-state index in [9.17, 15) is 14.7 Å². The molecule has 0 unspecified atom stereocenters. The molecule has 1 aromatic rings. The summed E-state index contributed by atoms with van der Waals surface area (Å²) in [6.45, 7) is 2.11. The third-order valence-electron chi connectivity index (χ3n) is 2.99. The lowest BCUT2D eigenvalue weighted by atomic mass is 10.0. The number of phenols is 2. The predicted molar refractivity (Wildman–Crippen MR) is 72.5 cm³/mol. The lowest BCUT2D eigenvalue weighted by Gasteiger charge is -2.04. The van der Waals surface area contributed by atoms with Crippen LogP contribution in [0.1, 0.15) is 55.8 Å². The average Bonchev–Trinajstić information content (AvgIpc) is 2.37. The minimum absolute atomic E-state index is 0.0450. The van der Waals surface area contributed by atoms with Gasteiger partial charge in [-0.25, -0.2) is 0 Å². The van der Waals surface area contributed by atoms with Crippen LogP contribution in [0.4, 0.5) is 0 Å². The van der Waals surface area contributed by atoms with Gasteiger partial charge in [-0.3, -0.25) is 9.59 Å². The molecule has 0 aliphatic heterocycles. The number of benzene rings is 1. The maximum Gasteiger partial charge on any atom is 0.232 e. The van der Waals surface area contributed by atoms with Gasteiger partial charge in [-0.2, -0.15) is 0 Å². The van der Waals surface area contributed by atoms with E-state index in [-0.39, 0.29) is 23.5 Å². The number of phenolic OH excluding ortho intramolecular Hbond substituents is 2. The molecule has 0 aliphatic rings. The second-order valence-electron chi connectivity index (χ2n) is 4.62. The van der Waals surface area contributed by atoms with Crippen LogP contribution in [0.25, 0.3) is 0 Å². The molecule has 0 heterocycles. The Bertz CT molecular complexity index is 451. The summed E-state index contributed by atoms with van der Waals surface area (Å²) in [6, 6.07) is 3.60. The molecule has 1 aromatic carbocycles. The highest BCUT2D eigenvalue weighted by molar-refractivity contribution is 6.44. The minimum Gasteiger partial charge on any atom is -0.508 e. The number of rotatable bonds is 8. The Labute approximate surface area is 113 Å². The lowest BCUT2D eigenvalue weighted by molar-refractivity contribution is -0.115. The van der Waals surface area contributed by atoms with Crippen LogP contribution in [-0.4, -0.2) is 21.8 Å². The maximum absolute atomic E-state index is 11.8. The molecule has 2 N–H and O–H groups in total. The monoisotopic (exact) mass is 264 g/mol. The van der Waals surface area contributed by atoms with Crippen molar-refractivity contribution in [3.63, 3.8) is 0 Å². The second kappa shape index (κ2) is 7.56. The van der Waals surface area contributed by atoms with Crippen LogP contribution < -0.4 is 0 Å². The van der Waals surface area contributed by atoms with E-state index in [1.807, 2.05) is 0 Å². The summed E-state index contributed by atoms with van der Waals surface area (Å²) in [6.07, 6.45) is 5.19. The minimum atomic E-state index is -0.687. The fourth-order valence-electron chi connectivity index (χ4n) is 1.86. The number of unbranched alkanes of at least 4 members (excludes halogenated alkanes) is 4. The number of carbonyl (C=O) groups is 2. The van der Waals surface area contributed by atoms with Crippen LogP contribution in [-0.2, 0) is 4.79 Å². The van der Waals surface area contributed by atoms with Gasteiger partial charge in [0.25, 0.3) is 0 Å². The number of ketones is 2. The summed E-state index contributed by atoms with van der Waals surface area (Å²) < 4.78 is 0. The molecule has 0 aromatic heterocycles. The standard InChI is InChI=1S/C15H20O4/c1-2-3-4-5-6-7-13(17)15(19)12-9-8-11(16)10-14(12)18/h8-10,16,18H,2-7H2,1H3. The van der Waals surface area contributed by atoms with Crippen molar-refractivity contribution in [1.29, 1.82) is 0 Å². The van der Waals surface area contributed by atoms with E-state index in [0.29, 0.717) is 6.42 Å². The summed E-state index contributed by atoms with van der Waals surface area (Å²) in [7, 11) is 0. The van der Waals surface area contributed by atoms with E-state index in [4.69, 9.17) is 5.11 Å². The van der Waals surface area contributed by atoms with Crippen LogP contribution in [0.3, 0.4) is 0 Å². The fourth-order valence-corrected chi connectivity index (χ4v) is 1.86. The van der Waals surface area contributed by atoms with Gasteiger partial charge in [0.1, 0.15) is 11.5 Å². The highest BCUT2D eigenvalue weighted by atomic mass is 16.3. The Morgan fingerprint density at radius 2 is 1.74 bits per heavy atom. The fraction of sp³-hybridized carbons (Fsp3) is 0.467. The molecule has 0 radical (unpaired) electrons. The first-order valence-corrected chi connectivity index (χ1v) is 6.65. The first kappa shape index (κ1) is 15.2. The van der Waals surface area contributed by atoms with E-state index in [1.165, 1.54) is 12.1 Å². The molecule has 0 spiro atoms. The van der Waals surface area contributed by atoms with E-state index >= 15 is 0 Å². The summed E-state index contributed by atoms with van der Waals surface area (Å²) in [5.74, 6) is -1.67. The molecule has 0 bridgehead atoms. The third kappa shape index (κ3) is 4.73. The largest absolute Gasteiger partial charge is 0.508 e. The first-order valence-electron chi connectivity index (χ1n) is 6.65. The molecular weight excluding hydrogens is 244 g/mol. The smallest absolute Gasteiger partial charge is 0.232 e. The molecular formula is C15H20O4. The summed E-state index contributed by atoms with van der Waals surface area (Å²) in [4.78, 5) is 23.5. The lowest BCUT2D eigenvalue weighted by Crippen LogP contribution is -2.14. The molecule has 104 valence electrons.